The Bertz CT molecular complexity index is 1460. The number of nitrogens with one attached hydrogen (secondary N) is 1. The minimum absolute atomic E-state index is 0.334. The van der Waals surface area contributed by atoms with E-state index in [4.69, 9.17) is 4.98 Å². The zero-order chi connectivity index (χ0) is 23.7. The van der Waals surface area contributed by atoms with E-state index in [0.717, 1.165) is 42.9 Å². The third-order valence-corrected chi connectivity index (χ3v) is 8.43. The highest BCUT2D eigenvalue weighted by Crippen LogP contribution is 2.40. The molecule has 2 N–H and O–H groups in total. The third kappa shape index (κ3) is 4.10. The summed E-state index contributed by atoms with van der Waals surface area (Å²) in [6, 6.07) is 16.2. The van der Waals surface area contributed by atoms with Crippen LogP contribution in [0.25, 0.3) is 33.5 Å². The molecule has 3 heterocycles. The Morgan fingerprint density at radius 2 is 1.91 bits per heavy atom. The van der Waals surface area contributed by atoms with Gasteiger partial charge in [-0.2, -0.15) is 5.21 Å². The van der Waals surface area contributed by atoms with Crippen molar-refractivity contribution in [2.24, 2.45) is 0 Å². The molecule has 3 aromatic heterocycles. The number of thioether (sulfide) groups is 2. The predicted molar refractivity (Wildman–Crippen MR) is 137 cm³/mol. The maximum atomic E-state index is 12.0. The van der Waals surface area contributed by atoms with E-state index < -0.39 is 5.97 Å². The van der Waals surface area contributed by atoms with Gasteiger partial charge in [0.15, 0.2) is 5.16 Å². The summed E-state index contributed by atoms with van der Waals surface area (Å²) >= 11 is 4.45. The van der Waals surface area contributed by atoms with Crippen molar-refractivity contribution in [2.75, 3.05) is 12.0 Å². The molecule has 8 nitrogen and oxygen atoms in total. The van der Waals surface area contributed by atoms with Gasteiger partial charge in [-0.1, -0.05) is 67.2 Å². The first-order chi connectivity index (χ1) is 16.6. The van der Waals surface area contributed by atoms with Gasteiger partial charge in [-0.05, 0) is 33.9 Å². The van der Waals surface area contributed by atoms with Gasteiger partial charge in [0.25, 0.3) is 0 Å². The first kappa shape index (κ1) is 22.6. The van der Waals surface area contributed by atoms with Crippen LogP contribution < -0.4 is 0 Å². The van der Waals surface area contributed by atoms with Gasteiger partial charge < -0.3 is 9.67 Å². The molecule has 0 radical (unpaired) electrons. The van der Waals surface area contributed by atoms with Crippen LogP contribution in [0.5, 0.6) is 0 Å². The van der Waals surface area contributed by atoms with Crippen molar-refractivity contribution >= 4 is 51.9 Å². The molecule has 5 rings (SSSR count). The molecule has 0 saturated heterocycles. The number of H-pyrrole nitrogens is 1. The quantitative estimate of drug-likeness (QED) is 0.264. The average molecular weight is 509 g/mol. The number of thiophene rings is 1. The second-order valence-corrected chi connectivity index (χ2v) is 10.6. The van der Waals surface area contributed by atoms with Crippen molar-refractivity contribution in [1.29, 1.82) is 0 Å². The fraction of sp³-hybridized carbons (Fsp3) is 0.174. The number of carbonyl (C=O) groups is 1. The Balaban J connectivity index is 1.53. The molecule has 11 heteroatoms. The second-order valence-electron chi connectivity index (χ2n) is 7.32. The molecule has 0 saturated carbocycles. The Labute approximate surface area is 207 Å². The molecule has 5 aromatic rings. The first-order valence-electron chi connectivity index (χ1n) is 10.5. The molecule has 0 aliphatic rings. The number of aromatic nitrogens is 6. The highest BCUT2D eigenvalue weighted by atomic mass is 32.2. The molecule has 2 aromatic carbocycles. The summed E-state index contributed by atoms with van der Waals surface area (Å²) in [4.78, 5) is 17.1. The number of aromatic amines is 1. The summed E-state index contributed by atoms with van der Waals surface area (Å²) in [5, 5.41) is 25.1. The van der Waals surface area contributed by atoms with Gasteiger partial charge in [0.2, 0.25) is 5.82 Å². The number of fused-ring (bicyclic) bond motifs is 1. The van der Waals surface area contributed by atoms with E-state index in [-0.39, 0.29) is 0 Å². The molecule has 172 valence electrons. The van der Waals surface area contributed by atoms with Crippen molar-refractivity contribution in [2.45, 2.75) is 22.8 Å². The Morgan fingerprint density at radius 1 is 1.15 bits per heavy atom. The van der Waals surface area contributed by atoms with E-state index in [1.165, 1.54) is 23.1 Å². The molecular formula is C23H20N6O2S3. The Kier molecular flexibility index (Phi) is 6.40. The van der Waals surface area contributed by atoms with Gasteiger partial charge in [-0.25, -0.2) is 9.78 Å². The molecular weight excluding hydrogens is 488 g/mol. The van der Waals surface area contributed by atoms with E-state index in [9.17, 15) is 9.90 Å². The van der Waals surface area contributed by atoms with E-state index in [1.807, 2.05) is 35.1 Å². The normalized spacial score (nSPS) is 11.4. The van der Waals surface area contributed by atoms with E-state index in [0.29, 0.717) is 22.8 Å². The summed E-state index contributed by atoms with van der Waals surface area (Å²) in [6.45, 7) is 2.61. The molecule has 0 atom stereocenters. The SMILES string of the molecule is CCSc1nc2c(SC)sc(C(=O)O)c2n1Cc1ccc(-c2ccccc2-c2nn[nH]n2)cc1. The highest BCUT2D eigenvalue weighted by molar-refractivity contribution is 8.00. The van der Waals surface area contributed by atoms with Gasteiger partial charge in [-0.3, -0.25) is 0 Å². The molecule has 0 fully saturated rings. The maximum Gasteiger partial charge on any atom is 0.348 e. The van der Waals surface area contributed by atoms with Crippen molar-refractivity contribution in [1.82, 2.24) is 30.2 Å². The largest absolute Gasteiger partial charge is 0.477 e. The zero-order valence-electron chi connectivity index (χ0n) is 18.3. The van der Waals surface area contributed by atoms with Crippen LogP contribution >= 0.6 is 34.9 Å². The minimum Gasteiger partial charge on any atom is -0.477 e. The summed E-state index contributed by atoms with van der Waals surface area (Å²) in [7, 11) is 0. The molecule has 0 bridgehead atoms. The number of hydrogen-bond donors (Lipinski definition) is 2. The van der Waals surface area contributed by atoms with Crippen molar-refractivity contribution in [3.63, 3.8) is 0 Å². The topological polar surface area (TPSA) is 110 Å². The number of benzene rings is 2. The van der Waals surface area contributed by atoms with Crippen LogP contribution in [-0.2, 0) is 6.54 Å². The van der Waals surface area contributed by atoms with Crippen LogP contribution in [0.4, 0.5) is 0 Å². The monoisotopic (exact) mass is 508 g/mol. The fourth-order valence-corrected chi connectivity index (χ4v) is 6.30. The summed E-state index contributed by atoms with van der Waals surface area (Å²) in [5.74, 6) is 0.481. The lowest BCUT2D eigenvalue weighted by atomic mass is 9.98. The number of imidazole rings is 1. The van der Waals surface area contributed by atoms with Gasteiger partial charge >= 0.3 is 5.97 Å². The fourth-order valence-electron chi connectivity index (χ4n) is 3.84. The van der Waals surface area contributed by atoms with Gasteiger partial charge in [0.05, 0.1) is 16.3 Å². The summed E-state index contributed by atoms with van der Waals surface area (Å²) in [5.41, 5.74) is 5.48. The van der Waals surface area contributed by atoms with Crippen molar-refractivity contribution < 1.29 is 9.90 Å². The first-order valence-corrected chi connectivity index (χ1v) is 13.5. The minimum atomic E-state index is -0.919. The van der Waals surface area contributed by atoms with E-state index >= 15 is 0 Å². The van der Waals surface area contributed by atoms with Gasteiger partial charge in [0, 0.05) is 5.56 Å². The molecule has 0 amide bonds. The van der Waals surface area contributed by atoms with Gasteiger partial charge in [-0.15, -0.1) is 33.3 Å². The number of aromatic carboxylic acids is 1. The summed E-state index contributed by atoms with van der Waals surface area (Å²) in [6.07, 6.45) is 1.95. The van der Waals surface area contributed by atoms with Crippen LogP contribution in [0.15, 0.2) is 57.9 Å². The summed E-state index contributed by atoms with van der Waals surface area (Å²) < 4.78 is 2.96. The van der Waals surface area contributed by atoms with Crippen LogP contribution in [0.1, 0.15) is 22.2 Å². The van der Waals surface area contributed by atoms with Crippen LogP contribution in [0.3, 0.4) is 0 Å². The number of nitrogens with zero attached hydrogens (tertiary/aromatic N) is 5. The highest BCUT2D eigenvalue weighted by Gasteiger charge is 2.24. The standard InChI is InChI=1S/C23H20N6O2S3/c1-3-33-23-24-17-18(19(21(30)31)34-22(17)32-2)29(23)12-13-8-10-14(11-9-13)15-6-4-5-7-16(15)20-25-27-28-26-20/h4-11H,3,12H2,1-2H3,(H,30,31)(H,25,26,27,28). The van der Waals surface area contributed by atoms with Crippen LogP contribution in [0.2, 0.25) is 0 Å². The predicted octanol–water partition coefficient (Wildman–Crippen LogP) is 5.53. The Morgan fingerprint density at radius 3 is 2.56 bits per heavy atom. The number of rotatable bonds is 8. The zero-order valence-corrected chi connectivity index (χ0v) is 20.8. The molecule has 0 aliphatic carbocycles. The smallest absolute Gasteiger partial charge is 0.348 e. The van der Waals surface area contributed by atoms with Crippen molar-refractivity contribution in [3.05, 3.63) is 59.0 Å². The maximum absolute atomic E-state index is 12.0. The average Bonchev–Trinajstić information content (AvgIpc) is 3.58. The number of hydrogen-bond acceptors (Lipinski definition) is 8. The van der Waals surface area contributed by atoms with Crippen molar-refractivity contribution in [3.8, 4) is 22.5 Å². The third-order valence-electron chi connectivity index (χ3n) is 5.31. The Hall–Kier alpha value is -3.15. The lowest BCUT2D eigenvalue weighted by Crippen LogP contribution is -2.04. The second kappa shape index (κ2) is 9.61. The van der Waals surface area contributed by atoms with Crippen LogP contribution in [0, 0.1) is 0 Å². The molecule has 0 aliphatic heterocycles. The molecule has 0 unspecified atom stereocenters. The lowest BCUT2D eigenvalue weighted by molar-refractivity contribution is 0.0703. The van der Waals surface area contributed by atoms with E-state index in [2.05, 4.69) is 51.8 Å². The van der Waals surface area contributed by atoms with E-state index in [1.54, 1.807) is 11.8 Å². The van der Waals surface area contributed by atoms with Gasteiger partial charge in [0.1, 0.15) is 10.4 Å². The molecule has 0 spiro atoms. The number of carboxylic acids is 1. The van der Waals surface area contributed by atoms with Crippen LogP contribution in [-0.4, -0.2) is 53.3 Å². The lowest BCUT2D eigenvalue weighted by Gasteiger charge is -2.11. The number of tetrazole rings is 1. The molecule has 34 heavy (non-hydrogen) atoms. The number of carboxylic acid groups (broad SMARTS) is 1.